The van der Waals surface area contributed by atoms with E-state index in [1.165, 1.54) is 18.2 Å². The summed E-state index contributed by atoms with van der Waals surface area (Å²) in [6.07, 6.45) is 10.0. The number of urea groups is 1. The van der Waals surface area contributed by atoms with Gasteiger partial charge in [-0.1, -0.05) is 31.5 Å². The predicted octanol–water partition coefficient (Wildman–Crippen LogP) is 3.17. The monoisotopic (exact) mass is 414 g/mol. The lowest BCUT2D eigenvalue weighted by atomic mass is 9.86. The Bertz CT molecular complexity index is 867. The number of aromatic nitrogens is 4. The van der Waals surface area contributed by atoms with Crippen molar-refractivity contribution in [2.75, 3.05) is 5.75 Å². The maximum Gasteiger partial charge on any atom is 0.321 e. The molecule has 154 valence electrons. The van der Waals surface area contributed by atoms with E-state index in [-0.39, 0.29) is 17.7 Å². The predicted molar refractivity (Wildman–Crippen MR) is 110 cm³/mol. The van der Waals surface area contributed by atoms with Crippen molar-refractivity contribution in [3.05, 3.63) is 24.5 Å². The van der Waals surface area contributed by atoms with Gasteiger partial charge in [0.25, 0.3) is 0 Å². The molecule has 2 atom stereocenters. The number of carbonyl (C=O) groups excluding carboxylic acids is 2. The van der Waals surface area contributed by atoms with E-state index < -0.39 is 6.03 Å². The Balaban J connectivity index is 1.33. The number of rotatable bonds is 6. The highest BCUT2D eigenvalue weighted by atomic mass is 32.2. The van der Waals surface area contributed by atoms with Gasteiger partial charge in [0.05, 0.1) is 5.75 Å². The molecule has 9 heteroatoms. The van der Waals surface area contributed by atoms with Crippen molar-refractivity contribution < 1.29 is 9.59 Å². The lowest BCUT2D eigenvalue weighted by Crippen LogP contribution is -2.48. The Hall–Kier alpha value is -2.42. The molecule has 2 aliphatic rings. The third kappa shape index (κ3) is 4.95. The summed E-state index contributed by atoms with van der Waals surface area (Å²) in [6.45, 7) is 2.15. The Labute approximate surface area is 174 Å². The lowest BCUT2D eigenvalue weighted by Gasteiger charge is -2.29. The summed E-state index contributed by atoms with van der Waals surface area (Å²) in [4.78, 5) is 28.5. The normalized spacial score (nSPS) is 21.6. The summed E-state index contributed by atoms with van der Waals surface area (Å²) in [5.74, 6) is 1.03. The van der Waals surface area contributed by atoms with Crippen LogP contribution < -0.4 is 10.6 Å². The second-order valence-electron chi connectivity index (χ2n) is 7.82. The zero-order valence-corrected chi connectivity index (χ0v) is 17.3. The number of nitrogens with zero attached hydrogens (tertiary/aromatic N) is 4. The van der Waals surface area contributed by atoms with E-state index >= 15 is 0 Å². The molecule has 0 aliphatic heterocycles. The van der Waals surface area contributed by atoms with Crippen LogP contribution in [0.1, 0.15) is 51.5 Å². The fourth-order valence-corrected chi connectivity index (χ4v) is 4.57. The molecule has 2 aliphatic carbocycles. The van der Waals surface area contributed by atoms with Crippen LogP contribution in [0.4, 0.5) is 4.79 Å². The molecule has 2 saturated carbocycles. The molecule has 3 amide bonds. The standard InChI is InChI=1S/C20H26N6O2S/c1-13-4-2-3-5-16(13)22-19(28)23-17(27)12-29-20-25-24-18(26(20)15-6-7-15)14-8-10-21-11-9-14/h8-11,13,15-16H,2-7,12H2,1H3,(H2,22,23,27,28)/t13-,16-/m0/s1. The molecule has 2 aromatic rings. The first-order chi connectivity index (χ1) is 14.1. The minimum atomic E-state index is -0.407. The van der Waals surface area contributed by atoms with E-state index in [9.17, 15) is 9.59 Å². The largest absolute Gasteiger partial charge is 0.335 e. The lowest BCUT2D eigenvalue weighted by molar-refractivity contribution is -0.117. The molecule has 0 spiro atoms. The first-order valence-electron chi connectivity index (χ1n) is 10.2. The van der Waals surface area contributed by atoms with Gasteiger partial charge in [-0.15, -0.1) is 10.2 Å². The molecule has 0 bridgehead atoms. The topological polar surface area (TPSA) is 102 Å². The highest BCUT2D eigenvalue weighted by Gasteiger charge is 2.30. The number of pyridine rings is 1. The van der Waals surface area contributed by atoms with E-state index in [2.05, 4.69) is 37.3 Å². The van der Waals surface area contributed by atoms with E-state index in [0.717, 1.165) is 43.5 Å². The molecule has 0 saturated heterocycles. The number of amides is 3. The van der Waals surface area contributed by atoms with Crippen LogP contribution in [0.3, 0.4) is 0 Å². The van der Waals surface area contributed by atoms with Crippen molar-refractivity contribution in [2.24, 2.45) is 5.92 Å². The summed E-state index contributed by atoms with van der Waals surface area (Å²) >= 11 is 1.31. The number of imide groups is 1. The highest BCUT2D eigenvalue weighted by Crippen LogP contribution is 2.40. The molecule has 4 rings (SSSR count). The minimum absolute atomic E-state index is 0.120. The van der Waals surface area contributed by atoms with Crippen LogP contribution in [0.15, 0.2) is 29.7 Å². The number of hydrogen-bond donors (Lipinski definition) is 2. The first kappa shape index (κ1) is 19.9. The third-order valence-corrected chi connectivity index (χ3v) is 6.47. The molecular weight excluding hydrogens is 388 g/mol. The molecule has 2 fully saturated rings. The van der Waals surface area contributed by atoms with Crippen LogP contribution in [0.2, 0.25) is 0 Å². The van der Waals surface area contributed by atoms with Gasteiger partial charge in [0.1, 0.15) is 0 Å². The number of hydrogen-bond acceptors (Lipinski definition) is 6. The van der Waals surface area contributed by atoms with Crippen molar-refractivity contribution in [1.82, 2.24) is 30.4 Å². The summed E-state index contributed by atoms with van der Waals surface area (Å²) in [5.41, 5.74) is 0.955. The van der Waals surface area contributed by atoms with Crippen molar-refractivity contribution in [3.8, 4) is 11.4 Å². The average Bonchev–Trinajstić information content (AvgIpc) is 3.47. The second-order valence-corrected chi connectivity index (χ2v) is 8.76. The van der Waals surface area contributed by atoms with Gasteiger partial charge in [-0.3, -0.25) is 19.7 Å². The highest BCUT2D eigenvalue weighted by molar-refractivity contribution is 7.99. The molecule has 29 heavy (non-hydrogen) atoms. The fraction of sp³-hybridized carbons (Fsp3) is 0.550. The van der Waals surface area contributed by atoms with E-state index in [1.54, 1.807) is 12.4 Å². The van der Waals surface area contributed by atoms with Crippen molar-refractivity contribution in [2.45, 2.75) is 62.7 Å². The number of nitrogens with one attached hydrogen (secondary N) is 2. The van der Waals surface area contributed by atoms with Crippen LogP contribution in [-0.2, 0) is 4.79 Å². The molecule has 0 radical (unpaired) electrons. The van der Waals surface area contributed by atoms with Gasteiger partial charge < -0.3 is 5.32 Å². The Morgan fingerprint density at radius 2 is 1.90 bits per heavy atom. The summed E-state index contributed by atoms with van der Waals surface area (Å²) < 4.78 is 2.09. The van der Waals surface area contributed by atoms with Crippen molar-refractivity contribution in [3.63, 3.8) is 0 Å². The van der Waals surface area contributed by atoms with E-state index in [0.29, 0.717) is 17.1 Å². The van der Waals surface area contributed by atoms with Crippen molar-refractivity contribution >= 4 is 23.7 Å². The smallest absolute Gasteiger partial charge is 0.321 e. The van der Waals surface area contributed by atoms with Crippen LogP contribution >= 0.6 is 11.8 Å². The number of carbonyl (C=O) groups is 2. The maximum atomic E-state index is 12.3. The van der Waals surface area contributed by atoms with Gasteiger partial charge in [0, 0.05) is 30.0 Å². The second kappa shape index (κ2) is 8.94. The van der Waals surface area contributed by atoms with Gasteiger partial charge in [-0.25, -0.2) is 4.79 Å². The van der Waals surface area contributed by atoms with Gasteiger partial charge in [0.15, 0.2) is 11.0 Å². The van der Waals surface area contributed by atoms with Gasteiger partial charge >= 0.3 is 6.03 Å². The Kier molecular flexibility index (Phi) is 6.13. The molecule has 8 nitrogen and oxygen atoms in total. The third-order valence-electron chi connectivity index (χ3n) is 5.53. The van der Waals surface area contributed by atoms with Gasteiger partial charge in [-0.05, 0) is 43.7 Å². The zero-order valence-electron chi connectivity index (χ0n) is 16.5. The van der Waals surface area contributed by atoms with Crippen molar-refractivity contribution in [1.29, 1.82) is 0 Å². The molecule has 2 N–H and O–H groups in total. The van der Waals surface area contributed by atoms with E-state index in [1.807, 2.05) is 12.1 Å². The molecule has 0 aromatic carbocycles. The fourth-order valence-electron chi connectivity index (χ4n) is 3.76. The van der Waals surface area contributed by atoms with Gasteiger partial charge in [-0.2, -0.15) is 0 Å². The quantitative estimate of drug-likeness (QED) is 0.704. The SMILES string of the molecule is C[C@H]1CCCC[C@@H]1NC(=O)NC(=O)CSc1nnc(-c2ccncc2)n1C1CC1. The summed E-state index contributed by atoms with van der Waals surface area (Å²) in [6, 6.07) is 3.91. The van der Waals surface area contributed by atoms with Crippen LogP contribution in [-0.4, -0.2) is 43.5 Å². The van der Waals surface area contributed by atoms with Gasteiger partial charge in [0.2, 0.25) is 5.91 Å². The Morgan fingerprint density at radius 1 is 1.14 bits per heavy atom. The van der Waals surface area contributed by atoms with Crippen LogP contribution in [0, 0.1) is 5.92 Å². The first-order valence-corrected chi connectivity index (χ1v) is 11.2. The summed E-state index contributed by atoms with van der Waals surface area (Å²) in [5, 5.41) is 14.7. The molecule has 2 heterocycles. The van der Waals surface area contributed by atoms with E-state index in [4.69, 9.17) is 0 Å². The molecule has 0 unspecified atom stereocenters. The Morgan fingerprint density at radius 3 is 2.62 bits per heavy atom. The maximum absolute atomic E-state index is 12.3. The zero-order chi connectivity index (χ0) is 20.2. The van der Waals surface area contributed by atoms with Crippen LogP contribution in [0.5, 0.6) is 0 Å². The molecule has 2 aromatic heterocycles. The minimum Gasteiger partial charge on any atom is -0.335 e. The summed E-state index contributed by atoms with van der Waals surface area (Å²) in [7, 11) is 0. The number of thioether (sulfide) groups is 1. The average molecular weight is 415 g/mol. The van der Waals surface area contributed by atoms with Crippen LogP contribution in [0.25, 0.3) is 11.4 Å². The molecular formula is C20H26N6O2S.